The molecule has 9 heteroatoms. The molecule has 4 heterocycles. The zero-order chi connectivity index (χ0) is 23.1. The zero-order valence-corrected chi connectivity index (χ0v) is 19.0. The Morgan fingerprint density at radius 2 is 2.03 bits per heavy atom. The second-order valence-electron chi connectivity index (χ2n) is 8.72. The maximum Gasteiger partial charge on any atom is 0.277 e. The Bertz CT molecular complexity index is 1370. The lowest BCUT2D eigenvalue weighted by Gasteiger charge is -2.28. The van der Waals surface area contributed by atoms with E-state index in [-0.39, 0.29) is 17.6 Å². The van der Waals surface area contributed by atoms with E-state index in [4.69, 9.17) is 10.5 Å². The van der Waals surface area contributed by atoms with Crippen LogP contribution in [0.5, 0.6) is 0 Å². The molecule has 1 fully saturated rings. The second kappa shape index (κ2) is 8.49. The predicted molar refractivity (Wildman–Crippen MR) is 125 cm³/mol. The van der Waals surface area contributed by atoms with E-state index in [1.807, 2.05) is 44.6 Å². The molecule has 0 spiro atoms. The molecule has 1 aromatic carbocycles. The summed E-state index contributed by atoms with van der Waals surface area (Å²) in [5.41, 5.74) is 12.6. The largest absolute Gasteiger partial charge is 0.380 e. The summed E-state index contributed by atoms with van der Waals surface area (Å²) in [6.07, 6.45) is 5.08. The van der Waals surface area contributed by atoms with E-state index in [2.05, 4.69) is 33.4 Å². The fourth-order valence-corrected chi connectivity index (χ4v) is 4.43. The minimum absolute atomic E-state index is 0.157. The summed E-state index contributed by atoms with van der Waals surface area (Å²) in [5, 5.41) is 13.6. The van der Waals surface area contributed by atoms with Crippen LogP contribution in [0.4, 0.5) is 0 Å². The minimum Gasteiger partial charge on any atom is -0.380 e. The Labute approximate surface area is 191 Å². The van der Waals surface area contributed by atoms with Crippen LogP contribution >= 0.6 is 0 Å². The Balaban J connectivity index is 1.51. The van der Waals surface area contributed by atoms with Crippen molar-refractivity contribution in [2.45, 2.75) is 38.8 Å². The Kier molecular flexibility index (Phi) is 5.51. The van der Waals surface area contributed by atoms with Gasteiger partial charge in [0.05, 0.1) is 29.8 Å². The molecule has 3 aromatic heterocycles. The first-order chi connectivity index (χ1) is 15.9. The second-order valence-corrected chi connectivity index (χ2v) is 8.72. The fourth-order valence-electron chi connectivity index (χ4n) is 4.43. The lowest BCUT2D eigenvalue weighted by Crippen LogP contribution is -2.45. The highest BCUT2D eigenvalue weighted by Gasteiger charge is 2.27. The summed E-state index contributed by atoms with van der Waals surface area (Å²) in [7, 11) is 1.89. The molecule has 2 atom stereocenters. The van der Waals surface area contributed by atoms with E-state index in [0.29, 0.717) is 37.0 Å². The molecule has 2 N–H and O–H groups in total. The van der Waals surface area contributed by atoms with Crippen molar-refractivity contribution in [2.24, 2.45) is 12.8 Å². The predicted octanol–water partition coefficient (Wildman–Crippen LogP) is 2.08. The third-order valence-corrected chi connectivity index (χ3v) is 6.52. The van der Waals surface area contributed by atoms with Crippen LogP contribution in [0.3, 0.4) is 0 Å². The van der Waals surface area contributed by atoms with Crippen LogP contribution in [0, 0.1) is 13.8 Å². The number of pyridine rings is 1. The average molecular weight is 446 g/mol. The number of hydrogen-bond acceptors (Lipinski definition) is 7. The number of hydrogen-bond donors (Lipinski definition) is 1. The quantitative estimate of drug-likeness (QED) is 0.512. The molecule has 9 nitrogen and oxygen atoms in total. The summed E-state index contributed by atoms with van der Waals surface area (Å²) in [5.74, 6) is 0. The van der Waals surface area contributed by atoms with Gasteiger partial charge in [-0.25, -0.2) is 4.68 Å². The normalized spacial score (nSPS) is 18.7. The minimum atomic E-state index is -0.280. The van der Waals surface area contributed by atoms with E-state index in [0.717, 1.165) is 33.6 Å². The standard InChI is InChI=1S/C24H27N7O2/c1-14-15(2)23-18(24(32)31(29-27-23)22-7-9-33-13-19(22)25)11-17(14)10-16-4-5-20(26-12-16)21-6-8-30(3)28-21/h4-6,8,11-12,19,22H,7,9-10,13,25H2,1-3H3/t19-,22-/m0/s1. The SMILES string of the molecule is Cc1c(Cc2ccc(-c3ccn(C)n3)nc2)cc2c(=O)n([C@H]3CCOC[C@@H]3N)nnc2c1C. The van der Waals surface area contributed by atoms with Crippen LogP contribution in [0.1, 0.15) is 34.7 Å². The average Bonchev–Trinajstić information content (AvgIpc) is 3.25. The first-order valence-electron chi connectivity index (χ1n) is 11.1. The fraction of sp³-hybridized carbons (Fsp3) is 0.375. The van der Waals surface area contributed by atoms with Gasteiger partial charge in [-0.1, -0.05) is 11.3 Å². The lowest BCUT2D eigenvalue weighted by molar-refractivity contribution is 0.0471. The van der Waals surface area contributed by atoms with Gasteiger partial charge < -0.3 is 10.5 Å². The van der Waals surface area contributed by atoms with E-state index < -0.39 is 0 Å². The first kappa shape index (κ1) is 21.4. The Hall–Kier alpha value is -3.43. The summed E-state index contributed by atoms with van der Waals surface area (Å²) >= 11 is 0. The molecule has 170 valence electrons. The van der Waals surface area contributed by atoms with Gasteiger partial charge in [0.15, 0.2) is 0 Å². The molecular formula is C24H27N7O2. The van der Waals surface area contributed by atoms with E-state index in [1.165, 1.54) is 4.68 Å². The van der Waals surface area contributed by atoms with Gasteiger partial charge in [-0.3, -0.25) is 14.5 Å². The van der Waals surface area contributed by atoms with Gasteiger partial charge >= 0.3 is 0 Å². The van der Waals surface area contributed by atoms with Crippen LogP contribution in [0.2, 0.25) is 0 Å². The maximum atomic E-state index is 13.4. The lowest BCUT2D eigenvalue weighted by atomic mass is 9.95. The van der Waals surface area contributed by atoms with Crippen LogP contribution in [0.25, 0.3) is 22.3 Å². The van der Waals surface area contributed by atoms with Gasteiger partial charge in [-0.05, 0) is 67.1 Å². The van der Waals surface area contributed by atoms with Gasteiger partial charge in [0.2, 0.25) is 0 Å². The van der Waals surface area contributed by atoms with Gasteiger partial charge in [-0.15, -0.1) is 5.10 Å². The summed E-state index contributed by atoms with van der Waals surface area (Å²) in [6.45, 7) is 5.02. The third kappa shape index (κ3) is 3.94. The Morgan fingerprint density at radius 1 is 1.18 bits per heavy atom. The number of fused-ring (bicyclic) bond motifs is 1. The molecule has 0 radical (unpaired) electrons. The molecule has 4 aromatic rings. The van der Waals surface area contributed by atoms with Gasteiger partial charge in [-0.2, -0.15) is 5.10 Å². The molecule has 5 rings (SSSR count). The maximum absolute atomic E-state index is 13.4. The molecule has 1 aliphatic rings. The van der Waals surface area contributed by atoms with Crippen molar-refractivity contribution in [1.29, 1.82) is 0 Å². The van der Waals surface area contributed by atoms with Crippen LogP contribution in [-0.4, -0.2) is 49.0 Å². The highest BCUT2D eigenvalue weighted by molar-refractivity contribution is 5.82. The van der Waals surface area contributed by atoms with Crippen molar-refractivity contribution >= 4 is 10.9 Å². The van der Waals surface area contributed by atoms with Crippen LogP contribution in [0.15, 0.2) is 41.5 Å². The van der Waals surface area contributed by atoms with Gasteiger partial charge in [0.25, 0.3) is 5.56 Å². The van der Waals surface area contributed by atoms with Crippen LogP contribution < -0.4 is 11.3 Å². The molecule has 0 bridgehead atoms. The number of rotatable bonds is 4. The van der Waals surface area contributed by atoms with E-state index >= 15 is 0 Å². The number of aromatic nitrogens is 6. The van der Waals surface area contributed by atoms with E-state index in [9.17, 15) is 4.79 Å². The number of nitrogens with two attached hydrogens (primary N) is 1. The molecule has 1 saturated heterocycles. The van der Waals surface area contributed by atoms with E-state index in [1.54, 1.807) is 4.68 Å². The highest BCUT2D eigenvalue weighted by atomic mass is 16.5. The van der Waals surface area contributed by atoms with Crippen molar-refractivity contribution in [3.63, 3.8) is 0 Å². The molecular weight excluding hydrogens is 418 g/mol. The van der Waals surface area contributed by atoms with Gasteiger partial charge in [0, 0.05) is 26.0 Å². The smallest absolute Gasteiger partial charge is 0.277 e. The van der Waals surface area contributed by atoms with Crippen molar-refractivity contribution in [3.05, 3.63) is 69.3 Å². The van der Waals surface area contributed by atoms with Crippen molar-refractivity contribution in [1.82, 2.24) is 29.8 Å². The molecule has 1 aliphatic heterocycles. The van der Waals surface area contributed by atoms with Crippen molar-refractivity contribution in [2.75, 3.05) is 13.2 Å². The number of nitrogens with zero attached hydrogens (tertiary/aromatic N) is 6. The molecule has 0 amide bonds. The highest BCUT2D eigenvalue weighted by Crippen LogP contribution is 2.25. The molecule has 33 heavy (non-hydrogen) atoms. The number of aryl methyl sites for hydroxylation is 2. The number of benzene rings is 1. The first-order valence-corrected chi connectivity index (χ1v) is 11.1. The van der Waals surface area contributed by atoms with Crippen LogP contribution in [-0.2, 0) is 18.2 Å². The monoisotopic (exact) mass is 445 g/mol. The summed E-state index contributed by atoms with van der Waals surface area (Å²) in [6, 6.07) is 7.43. The Morgan fingerprint density at radius 3 is 2.73 bits per heavy atom. The summed E-state index contributed by atoms with van der Waals surface area (Å²) < 4.78 is 8.62. The van der Waals surface area contributed by atoms with Crippen molar-refractivity contribution in [3.8, 4) is 11.4 Å². The topological polar surface area (TPSA) is 114 Å². The third-order valence-electron chi connectivity index (χ3n) is 6.52. The number of ether oxygens (including phenoxy) is 1. The van der Waals surface area contributed by atoms with Crippen molar-refractivity contribution < 1.29 is 4.74 Å². The molecule has 0 saturated carbocycles. The zero-order valence-electron chi connectivity index (χ0n) is 19.0. The molecule has 0 unspecified atom stereocenters. The van der Waals surface area contributed by atoms with Gasteiger partial charge in [0.1, 0.15) is 11.2 Å². The summed E-state index contributed by atoms with van der Waals surface area (Å²) in [4.78, 5) is 18.0. The molecule has 0 aliphatic carbocycles.